The van der Waals surface area contributed by atoms with Crippen LogP contribution >= 0.6 is 11.8 Å². The number of rotatable bonds is 5. The molecule has 2 atom stereocenters. The maximum absolute atomic E-state index is 2.95. The summed E-state index contributed by atoms with van der Waals surface area (Å²) in [5.74, 6) is 0.330. The Bertz CT molecular complexity index is 4120. The first-order valence-corrected chi connectivity index (χ1v) is 37.7. The normalized spacial score (nSPS) is 26.2. The van der Waals surface area contributed by atoms with E-state index in [1.807, 2.05) is 0 Å². The summed E-state index contributed by atoms with van der Waals surface area (Å²) < 4.78 is 0. The lowest BCUT2D eigenvalue weighted by Crippen LogP contribution is -2.56. The van der Waals surface area contributed by atoms with Gasteiger partial charge in [-0.3, -0.25) is 0 Å². The van der Waals surface area contributed by atoms with E-state index in [2.05, 4.69) is 290 Å². The summed E-state index contributed by atoms with van der Waals surface area (Å²) in [6.45, 7) is 61.0. The standard InChI is InChI=1S/C88H114BN3S/c1-77(2)33-37-81(9,10)62-45-53(25-29-58(62)77)90(54-26-30-59-63(46-54)82(11,12)38-34-78(59,3)4)57-49-70-73-71(50-57)92(56-28-32-61-65(48-56)84(15,16)40-36-80(61,7)8)74-72-75(88(23,24)44-43-87(72,21)22)93-76(74)89(73)68-51-66-67(86(19,20)42-41-85(66,17)18)52-69(68)91(70)55-27-31-60-64(47-55)83(13,14)39-35-79(60,5)6/h25-32,45-52,72,75H,33-44H2,1-24H3. The Morgan fingerprint density at radius 2 is 0.656 bits per heavy atom. The van der Waals surface area contributed by atoms with Gasteiger partial charge in [-0.2, -0.15) is 0 Å². The maximum Gasteiger partial charge on any atom is 0.259 e. The summed E-state index contributed by atoms with van der Waals surface area (Å²) in [6.07, 6.45) is 14.2. The van der Waals surface area contributed by atoms with Crippen LogP contribution in [0.2, 0.25) is 0 Å². The van der Waals surface area contributed by atoms with Crippen molar-refractivity contribution in [2.75, 3.05) is 14.7 Å². The van der Waals surface area contributed by atoms with E-state index in [-0.39, 0.29) is 71.7 Å². The van der Waals surface area contributed by atoms with Gasteiger partial charge in [-0.15, -0.1) is 11.8 Å². The zero-order valence-corrected chi connectivity index (χ0v) is 63.0. The topological polar surface area (TPSA) is 9.72 Å². The molecule has 15 rings (SSSR count). The fourth-order valence-corrected chi connectivity index (χ4v) is 22.4. The van der Waals surface area contributed by atoms with Crippen LogP contribution in [0.25, 0.3) is 0 Å². The molecule has 0 radical (unpaired) electrons. The summed E-state index contributed by atoms with van der Waals surface area (Å²) in [4.78, 5) is 10.2. The average Bonchev–Trinajstić information content (AvgIpc) is 1.66. The van der Waals surface area contributed by atoms with Crippen molar-refractivity contribution in [3.63, 3.8) is 0 Å². The number of hydrogen-bond donors (Lipinski definition) is 0. The van der Waals surface area contributed by atoms with E-state index < -0.39 is 0 Å². The largest absolute Gasteiger partial charge is 0.314 e. The SMILES string of the molecule is CC1(C)CCC(C)(C)c2cc(N3C4=C(SC5C4C(C)(C)CCC5(C)C)B4c5cc6c(cc5N(c5ccc7c(c5)C(C)(C)CCC7(C)C)c5cc(N(c7ccc8c(c7)C(C)(C)CCC8(C)C)c7ccc8c(c7)C(C)(C)CCC8(C)C)cc3c54)C(C)(C)CCC6(C)C)ccc21. The molecular formula is C88H114BN3S. The molecule has 0 spiro atoms. The monoisotopic (exact) mass is 1260 g/mol. The quantitative estimate of drug-likeness (QED) is 0.159. The summed E-state index contributed by atoms with van der Waals surface area (Å²) in [5.41, 5.74) is 30.8. The van der Waals surface area contributed by atoms with Gasteiger partial charge in [-0.05, 0) is 280 Å². The lowest BCUT2D eigenvalue weighted by atomic mass is 9.35. The van der Waals surface area contributed by atoms with Crippen molar-refractivity contribution in [1.82, 2.24) is 0 Å². The van der Waals surface area contributed by atoms with E-state index in [9.17, 15) is 0 Å². The Labute approximate surface area is 568 Å². The molecule has 0 aromatic heterocycles. The molecule has 0 amide bonds. The van der Waals surface area contributed by atoms with Crippen molar-refractivity contribution >= 4 is 74.9 Å². The number of benzene rings is 6. The Kier molecular flexibility index (Phi) is 13.6. The maximum atomic E-state index is 2.95. The average molecular weight is 1260 g/mol. The molecule has 6 aromatic rings. The van der Waals surface area contributed by atoms with Gasteiger partial charge in [-0.25, -0.2) is 0 Å². The predicted octanol–water partition coefficient (Wildman–Crippen LogP) is 23.8. The highest BCUT2D eigenvalue weighted by Gasteiger charge is 2.60. The zero-order valence-electron chi connectivity index (χ0n) is 62.2. The molecule has 93 heavy (non-hydrogen) atoms. The van der Waals surface area contributed by atoms with Crippen LogP contribution in [0.15, 0.2) is 108 Å². The van der Waals surface area contributed by atoms with Gasteiger partial charge < -0.3 is 14.7 Å². The minimum atomic E-state index is 0.00870. The van der Waals surface area contributed by atoms with E-state index >= 15 is 0 Å². The number of allylic oxidation sites excluding steroid dienone is 1. The zero-order chi connectivity index (χ0) is 66.7. The van der Waals surface area contributed by atoms with Crippen molar-refractivity contribution in [1.29, 1.82) is 0 Å². The molecule has 3 heterocycles. The first-order chi connectivity index (χ1) is 43.0. The highest BCUT2D eigenvalue weighted by atomic mass is 32.2. The van der Waals surface area contributed by atoms with Gasteiger partial charge in [-0.1, -0.05) is 197 Å². The molecule has 0 bridgehead atoms. The van der Waals surface area contributed by atoms with Gasteiger partial charge >= 0.3 is 0 Å². The van der Waals surface area contributed by atoms with E-state index in [1.54, 1.807) is 16.1 Å². The molecule has 9 aliphatic rings. The van der Waals surface area contributed by atoms with Crippen LogP contribution in [-0.4, -0.2) is 12.0 Å². The number of nitrogens with zero attached hydrogens (tertiary/aromatic N) is 3. The second-order valence-electron chi connectivity index (χ2n) is 39.8. The first-order valence-electron chi connectivity index (χ1n) is 36.8. The Morgan fingerprint density at radius 3 is 1.08 bits per heavy atom. The summed E-state index contributed by atoms with van der Waals surface area (Å²) in [5, 5.41) is 0.419. The molecule has 1 saturated carbocycles. The molecule has 2 unspecified atom stereocenters. The minimum absolute atomic E-state index is 0.00870. The molecule has 6 aromatic carbocycles. The lowest BCUT2D eigenvalue weighted by molar-refractivity contribution is 0.0881. The van der Waals surface area contributed by atoms with E-state index in [0.29, 0.717) is 11.2 Å². The number of fused-ring (bicyclic) bond motifs is 10. The molecule has 3 aliphatic heterocycles. The molecule has 0 saturated heterocycles. The van der Waals surface area contributed by atoms with Crippen molar-refractivity contribution in [3.05, 3.63) is 163 Å². The molecule has 5 heteroatoms. The summed E-state index contributed by atoms with van der Waals surface area (Å²) >= 11 is 2.31. The van der Waals surface area contributed by atoms with Gasteiger partial charge in [0.15, 0.2) is 0 Å². The molecule has 1 fully saturated rings. The van der Waals surface area contributed by atoms with Gasteiger partial charge in [0, 0.05) is 56.7 Å². The Balaban J connectivity index is 1.12. The van der Waals surface area contributed by atoms with E-state index in [1.165, 1.54) is 171 Å². The Morgan fingerprint density at radius 1 is 0.323 bits per heavy atom. The number of hydrogen-bond acceptors (Lipinski definition) is 4. The van der Waals surface area contributed by atoms with Gasteiger partial charge in [0.25, 0.3) is 6.71 Å². The van der Waals surface area contributed by atoms with Crippen molar-refractivity contribution in [3.8, 4) is 0 Å². The smallest absolute Gasteiger partial charge is 0.259 e. The van der Waals surface area contributed by atoms with Crippen LogP contribution in [-0.2, 0) is 54.1 Å². The van der Waals surface area contributed by atoms with Crippen LogP contribution in [0.3, 0.4) is 0 Å². The Hall–Kier alpha value is -5.13. The second-order valence-corrected chi connectivity index (χ2v) is 41.0. The molecule has 490 valence electrons. The lowest BCUT2D eigenvalue weighted by Gasteiger charge is -2.52. The van der Waals surface area contributed by atoms with Gasteiger partial charge in [0.1, 0.15) is 0 Å². The fourth-order valence-electron chi connectivity index (χ4n) is 20.4. The first kappa shape index (κ1) is 63.9. The minimum Gasteiger partial charge on any atom is -0.314 e. The van der Waals surface area contributed by atoms with Crippen molar-refractivity contribution in [2.24, 2.45) is 16.7 Å². The number of thioether (sulfide) groups is 1. The molecule has 6 aliphatic carbocycles. The van der Waals surface area contributed by atoms with Crippen LogP contribution in [0.5, 0.6) is 0 Å². The second kappa shape index (κ2) is 19.8. The predicted molar refractivity (Wildman–Crippen MR) is 405 cm³/mol. The molecule has 3 nitrogen and oxygen atoms in total. The highest BCUT2D eigenvalue weighted by molar-refractivity contribution is 8.06. The fraction of sp³-hybridized carbons (Fsp3) is 0.568. The third-order valence-electron chi connectivity index (χ3n) is 27.7. The third kappa shape index (κ3) is 9.48. The van der Waals surface area contributed by atoms with Crippen molar-refractivity contribution in [2.45, 2.75) is 303 Å². The van der Waals surface area contributed by atoms with Crippen LogP contribution in [0.4, 0.5) is 45.5 Å². The van der Waals surface area contributed by atoms with Gasteiger partial charge in [0.05, 0.1) is 5.69 Å². The van der Waals surface area contributed by atoms with E-state index in [0.717, 1.165) is 12.8 Å². The third-order valence-corrected chi connectivity index (χ3v) is 29.6. The van der Waals surface area contributed by atoms with Crippen LogP contribution in [0.1, 0.15) is 299 Å². The van der Waals surface area contributed by atoms with Crippen LogP contribution in [0, 0.1) is 16.7 Å². The van der Waals surface area contributed by atoms with Crippen LogP contribution < -0.4 is 25.6 Å². The van der Waals surface area contributed by atoms with Crippen molar-refractivity contribution < 1.29 is 0 Å². The summed E-state index contributed by atoms with van der Waals surface area (Å²) in [7, 11) is 0. The van der Waals surface area contributed by atoms with E-state index in [4.69, 9.17) is 0 Å². The molecule has 0 N–H and O–H groups in total. The summed E-state index contributed by atoms with van der Waals surface area (Å²) in [6, 6.07) is 42.3. The highest BCUT2D eigenvalue weighted by Crippen LogP contribution is 2.67. The molecular weight excluding hydrogens is 1140 g/mol. The number of anilines is 8. The van der Waals surface area contributed by atoms with Gasteiger partial charge in [0.2, 0.25) is 0 Å².